The van der Waals surface area contributed by atoms with E-state index in [0.717, 1.165) is 31.9 Å². The van der Waals surface area contributed by atoms with Gasteiger partial charge in [0.15, 0.2) is 5.69 Å². The normalized spacial score (nSPS) is 10.8. The Hall–Kier alpha value is -4.01. The SMILES string of the molecule is CCCCCCOc1ccccc1C(=O)/C=N/Nc1nnc(-c2ccc(OC)cc2)c(=O)[nH]1. The van der Waals surface area contributed by atoms with Crippen molar-refractivity contribution in [2.75, 3.05) is 19.1 Å². The van der Waals surface area contributed by atoms with Gasteiger partial charge in [-0.2, -0.15) is 5.10 Å². The second-order valence-corrected chi connectivity index (χ2v) is 7.22. The number of aromatic amines is 1. The van der Waals surface area contributed by atoms with Crippen LogP contribution in [-0.4, -0.2) is 40.9 Å². The van der Waals surface area contributed by atoms with Crippen molar-refractivity contribution >= 4 is 17.9 Å². The second kappa shape index (κ2) is 12.1. The lowest BCUT2D eigenvalue weighted by atomic mass is 10.1. The molecule has 0 saturated carbocycles. The summed E-state index contributed by atoms with van der Waals surface area (Å²) in [6.45, 7) is 2.70. The summed E-state index contributed by atoms with van der Waals surface area (Å²) in [4.78, 5) is 27.5. The molecular formula is C24H27N5O4. The number of aromatic nitrogens is 3. The van der Waals surface area contributed by atoms with E-state index in [1.807, 2.05) is 6.07 Å². The third-order valence-electron chi connectivity index (χ3n) is 4.82. The molecule has 33 heavy (non-hydrogen) atoms. The van der Waals surface area contributed by atoms with Crippen molar-refractivity contribution in [3.8, 4) is 22.8 Å². The molecule has 0 fully saturated rings. The van der Waals surface area contributed by atoms with Gasteiger partial charge in [-0.25, -0.2) is 5.43 Å². The molecule has 2 N–H and O–H groups in total. The molecule has 0 amide bonds. The van der Waals surface area contributed by atoms with Crippen molar-refractivity contribution in [3.63, 3.8) is 0 Å². The van der Waals surface area contributed by atoms with Crippen molar-refractivity contribution < 1.29 is 14.3 Å². The molecule has 9 nitrogen and oxygen atoms in total. The number of hydrazone groups is 1. The number of ether oxygens (including phenoxy) is 2. The van der Waals surface area contributed by atoms with E-state index in [-0.39, 0.29) is 17.4 Å². The number of carbonyl (C=O) groups is 1. The van der Waals surface area contributed by atoms with Crippen LogP contribution in [0.4, 0.5) is 5.95 Å². The highest BCUT2D eigenvalue weighted by Gasteiger charge is 2.11. The summed E-state index contributed by atoms with van der Waals surface area (Å²) in [5.41, 5.74) is 3.25. The number of carbonyl (C=O) groups excluding carboxylic acids is 1. The molecule has 0 aliphatic carbocycles. The first-order valence-electron chi connectivity index (χ1n) is 10.8. The highest BCUT2D eigenvalue weighted by Crippen LogP contribution is 2.19. The van der Waals surface area contributed by atoms with Crippen LogP contribution in [0.3, 0.4) is 0 Å². The smallest absolute Gasteiger partial charge is 0.279 e. The fourth-order valence-corrected chi connectivity index (χ4v) is 3.05. The van der Waals surface area contributed by atoms with E-state index in [1.54, 1.807) is 49.6 Å². The zero-order valence-corrected chi connectivity index (χ0v) is 18.7. The minimum absolute atomic E-state index is 0.0155. The standard InChI is InChI=1S/C24H27N5O4/c1-3-4-5-8-15-33-21-10-7-6-9-19(21)20(30)16-25-28-24-26-23(31)22(27-29-24)17-11-13-18(32-2)14-12-17/h6-7,9-14,16H,3-5,8,15H2,1-2H3,(H2,26,28,29,31)/b25-16+. The van der Waals surface area contributed by atoms with E-state index in [4.69, 9.17) is 9.47 Å². The third-order valence-corrected chi connectivity index (χ3v) is 4.82. The van der Waals surface area contributed by atoms with E-state index >= 15 is 0 Å². The lowest BCUT2D eigenvalue weighted by Gasteiger charge is -2.09. The molecule has 0 atom stereocenters. The van der Waals surface area contributed by atoms with Gasteiger partial charge in [-0.05, 0) is 42.8 Å². The number of anilines is 1. The van der Waals surface area contributed by atoms with Gasteiger partial charge in [0.1, 0.15) is 11.5 Å². The summed E-state index contributed by atoms with van der Waals surface area (Å²) in [5.74, 6) is 0.866. The van der Waals surface area contributed by atoms with Gasteiger partial charge >= 0.3 is 0 Å². The lowest BCUT2D eigenvalue weighted by molar-refractivity contribution is 0.106. The first-order chi connectivity index (χ1) is 16.1. The van der Waals surface area contributed by atoms with Crippen LogP contribution in [0.2, 0.25) is 0 Å². The van der Waals surface area contributed by atoms with E-state index in [1.165, 1.54) is 0 Å². The number of methoxy groups -OCH3 is 1. The van der Waals surface area contributed by atoms with Crippen molar-refractivity contribution in [1.82, 2.24) is 15.2 Å². The monoisotopic (exact) mass is 449 g/mol. The zero-order chi connectivity index (χ0) is 23.5. The van der Waals surface area contributed by atoms with E-state index in [9.17, 15) is 9.59 Å². The Morgan fingerprint density at radius 1 is 1.09 bits per heavy atom. The van der Waals surface area contributed by atoms with Crippen LogP contribution in [0.15, 0.2) is 58.4 Å². The van der Waals surface area contributed by atoms with E-state index in [2.05, 4.69) is 32.6 Å². The topological polar surface area (TPSA) is 119 Å². The first kappa shape index (κ1) is 23.6. The number of para-hydroxylation sites is 1. The largest absolute Gasteiger partial charge is 0.497 e. The van der Waals surface area contributed by atoms with Crippen molar-refractivity contribution in [3.05, 3.63) is 64.4 Å². The van der Waals surface area contributed by atoms with Crippen LogP contribution in [0.5, 0.6) is 11.5 Å². The molecule has 2 aromatic carbocycles. The average molecular weight is 450 g/mol. The number of benzene rings is 2. The Morgan fingerprint density at radius 2 is 1.88 bits per heavy atom. The van der Waals surface area contributed by atoms with Gasteiger partial charge in [0, 0.05) is 5.56 Å². The summed E-state index contributed by atoms with van der Waals surface area (Å²) in [6, 6.07) is 13.9. The minimum Gasteiger partial charge on any atom is -0.497 e. The van der Waals surface area contributed by atoms with Crippen LogP contribution in [0.25, 0.3) is 11.3 Å². The van der Waals surface area contributed by atoms with Gasteiger partial charge in [-0.1, -0.05) is 38.3 Å². The number of Topliss-reactive ketones (excluding diaryl/α,β-unsaturated/α-hetero) is 1. The van der Waals surface area contributed by atoms with Crippen LogP contribution < -0.4 is 20.5 Å². The fraction of sp³-hybridized carbons (Fsp3) is 0.292. The lowest BCUT2D eigenvalue weighted by Crippen LogP contribution is -2.15. The summed E-state index contributed by atoms with van der Waals surface area (Å²) in [6.07, 6.45) is 5.45. The predicted molar refractivity (Wildman–Crippen MR) is 127 cm³/mol. The molecule has 3 aromatic rings. The first-order valence-corrected chi connectivity index (χ1v) is 10.8. The maximum absolute atomic E-state index is 12.6. The summed E-state index contributed by atoms with van der Waals surface area (Å²) in [5, 5.41) is 11.7. The van der Waals surface area contributed by atoms with Crippen molar-refractivity contribution in [2.24, 2.45) is 5.10 Å². The molecule has 1 aromatic heterocycles. The molecule has 0 aliphatic rings. The number of hydrogen-bond donors (Lipinski definition) is 2. The maximum atomic E-state index is 12.6. The maximum Gasteiger partial charge on any atom is 0.279 e. The molecule has 0 unspecified atom stereocenters. The van der Waals surface area contributed by atoms with Crippen LogP contribution in [0, 0.1) is 0 Å². The minimum atomic E-state index is -0.444. The molecule has 0 aliphatic heterocycles. The van der Waals surface area contributed by atoms with Gasteiger partial charge in [-0.3, -0.25) is 14.6 Å². The quantitative estimate of drug-likeness (QED) is 0.185. The highest BCUT2D eigenvalue weighted by atomic mass is 16.5. The Bertz CT molecular complexity index is 1140. The number of ketones is 1. The van der Waals surface area contributed by atoms with Gasteiger partial charge in [-0.15, -0.1) is 10.2 Å². The number of H-pyrrole nitrogens is 1. The fourth-order valence-electron chi connectivity index (χ4n) is 3.05. The Kier molecular flexibility index (Phi) is 8.70. The van der Waals surface area contributed by atoms with Crippen molar-refractivity contribution in [2.45, 2.75) is 32.6 Å². The molecule has 172 valence electrons. The van der Waals surface area contributed by atoms with Crippen LogP contribution in [0.1, 0.15) is 43.0 Å². The van der Waals surface area contributed by atoms with E-state index in [0.29, 0.717) is 29.2 Å². The predicted octanol–water partition coefficient (Wildman–Crippen LogP) is 4.08. The van der Waals surface area contributed by atoms with Gasteiger partial charge < -0.3 is 9.47 Å². The van der Waals surface area contributed by atoms with Crippen LogP contribution in [-0.2, 0) is 0 Å². The number of nitrogens with one attached hydrogen (secondary N) is 2. The molecule has 1 heterocycles. The van der Waals surface area contributed by atoms with Crippen molar-refractivity contribution in [1.29, 1.82) is 0 Å². The summed E-state index contributed by atoms with van der Waals surface area (Å²) in [7, 11) is 1.56. The molecule has 0 bridgehead atoms. The number of unbranched alkanes of at least 4 members (excludes halogenated alkanes) is 3. The Labute approximate surface area is 191 Å². The molecular weight excluding hydrogens is 422 g/mol. The number of hydrogen-bond acceptors (Lipinski definition) is 8. The molecule has 0 saturated heterocycles. The number of rotatable bonds is 12. The highest BCUT2D eigenvalue weighted by molar-refractivity contribution is 6.36. The molecule has 0 spiro atoms. The van der Waals surface area contributed by atoms with Gasteiger partial charge in [0.05, 0.1) is 25.5 Å². The second-order valence-electron chi connectivity index (χ2n) is 7.22. The molecule has 3 rings (SSSR count). The Morgan fingerprint density at radius 3 is 2.61 bits per heavy atom. The summed E-state index contributed by atoms with van der Waals surface area (Å²) < 4.78 is 10.9. The molecule has 0 radical (unpaired) electrons. The molecule has 9 heteroatoms. The third kappa shape index (κ3) is 6.73. The summed E-state index contributed by atoms with van der Waals surface area (Å²) >= 11 is 0. The van der Waals surface area contributed by atoms with E-state index < -0.39 is 5.56 Å². The van der Waals surface area contributed by atoms with Crippen LogP contribution >= 0.6 is 0 Å². The van der Waals surface area contributed by atoms with Gasteiger partial charge in [0.25, 0.3) is 5.56 Å². The Balaban J connectivity index is 1.61. The number of nitrogens with zero attached hydrogens (tertiary/aromatic N) is 3. The average Bonchev–Trinajstić information content (AvgIpc) is 2.84. The zero-order valence-electron chi connectivity index (χ0n) is 18.7. The van der Waals surface area contributed by atoms with Gasteiger partial charge in [0.2, 0.25) is 11.7 Å².